The summed E-state index contributed by atoms with van der Waals surface area (Å²) < 4.78 is 20.1. The number of amides is 1. The zero-order valence-electron chi connectivity index (χ0n) is 25.6. The van der Waals surface area contributed by atoms with Crippen molar-refractivity contribution < 1.29 is 33.7 Å². The summed E-state index contributed by atoms with van der Waals surface area (Å²) in [6.45, 7) is 5.43. The van der Waals surface area contributed by atoms with Crippen LogP contribution in [-0.2, 0) is 17.3 Å². The number of hydrogen-bond acceptors (Lipinski definition) is 8. The van der Waals surface area contributed by atoms with E-state index in [1.807, 2.05) is 27.1 Å². The predicted molar refractivity (Wildman–Crippen MR) is 166 cm³/mol. The summed E-state index contributed by atoms with van der Waals surface area (Å²) in [5, 5.41) is 14.3. The molecule has 2 aromatic carbocycles. The molecule has 0 aliphatic carbocycles. The minimum absolute atomic E-state index is 0.0967. The van der Waals surface area contributed by atoms with Crippen LogP contribution >= 0.6 is 0 Å². The highest BCUT2D eigenvalue weighted by atomic mass is 16.5. The fourth-order valence-electron chi connectivity index (χ4n) is 6.43. The van der Waals surface area contributed by atoms with Gasteiger partial charge in [-0.05, 0) is 49.8 Å². The molecule has 6 rings (SSSR count). The van der Waals surface area contributed by atoms with Crippen molar-refractivity contribution in [2.24, 2.45) is 12.0 Å². The molecule has 1 aromatic heterocycles. The highest BCUT2D eigenvalue weighted by Gasteiger charge is 2.45. The molecule has 0 bridgehead atoms. The molecule has 11 nitrogen and oxygen atoms in total. The van der Waals surface area contributed by atoms with Gasteiger partial charge in [0.05, 0.1) is 37.0 Å². The summed E-state index contributed by atoms with van der Waals surface area (Å²) in [6.07, 6.45) is 9.54. The molecule has 45 heavy (non-hydrogen) atoms. The van der Waals surface area contributed by atoms with Crippen LogP contribution < -0.4 is 14.2 Å². The number of aryl methyl sites for hydroxylation is 1. The second-order valence-electron chi connectivity index (χ2n) is 11.6. The van der Waals surface area contributed by atoms with Crippen molar-refractivity contribution in [2.45, 2.75) is 50.5 Å². The molecule has 1 N–H and O–H groups in total. The smallest absolute Gasteiger partial charge is 0.318 e. The fraction of sp³-hybridized carbons (Fsp3) is 0.382. The Morgan fingerprint density at radius 2 is 1.78 bits per heavy atom. The number of Topliss-reactive ketones (excluding diaryl/α,β-unsaturated/α-hetero) is 1. The molecule has 1 saturated heterocycles. The van der Waals surface area contributed by atoms with Crippen LogP contribution in [0.2, 0.25) is 0 Å². The van der Waals surface area contributed by atoms with E-state index in [2.05, 4.69) is 10.1 Å². The van der Waals surface area contributed by atoms with E-state index >= 15 is 0 Å². The SMILES string of the molecule is CCOc1cc(C(=O)N2CCC3(CC2)CC(=O)c2cc(C4(C(=O)O)C=CN=CC4)ccc2O3)cc(OCC)c1-c1cnn(C)c1. The number of carboxylic acid groups (broad SMARTS) is 1. The number of aliphatic carboxylic acids is 1. The van der Waals surface area contributed by atoms with Crippen molar-refractivity contribution in [3.8, 4) is 28.4 Å². The number of aliphatic imine (C=N–C) groups is 1. The van der Waals surface area contributed by atoms with Gasteiger partial charge in [0.1, 0.15) is 28.3 Å². The third-order valence-corrected chi connectivity index (χ3v) is 8.82. The first-order chi connectivity index (χ1) is 21.7. The van der Waals surface area contributed by atoms with Crippen LogP contribution in [-0.4, -0.2) is 75.6 Å². The molecular formula is C34H36N4O7. The molecule has 11 heteroatoms. The topological polar surface area (TPSA) is 133 Å². The summed E-state index contributed by atoms with van der Waals surface area (Å²) in [5.41, 5.74) is 0.916. The Labute approximate surface area is 261 Å². The fourth-order valence-corrected chi connectivity index (χ4v) is 6.43. The minimum atomic E-state index is -1.28. The summed E-state index contributed by atoms with van der Waals surface area (Å²) in [5.74, 6) is 0.283. The number of carbonyl (C=O) groups excluding carboxylic acids is 2. The highest BCUT2D eigenvalue weighted by Crippen LogP contribution is 2.43. The molecule has 3 aliphatic rings. The van der Waals surface area contributed by atoms with Crippen molar-refractivity contribution in [1.82, 2.24) is 14.7 Å². The molecule has 234 valence electrons. The van der Waals surface area contributed by atoms with Crippen LogP contribution in [0.25, 0.3) is 11.1 Å². The first kappa shape index (κ1) is 30.1. The van der Waals surface area contributed by atoms with Gasteiger partial charge in [-0.2, -0.15) is 5.10 Å². The van der Waals surface area contributed by atoms with Crippen molar-refractivity contribution in [2.75, 3.05) is 26.3 Å². The molecule has 4 heterocycles. The number of ether oxygens (including phenoxy) is 3. The van der Waals surface area contributed by atoms with E-state index in [1.165, 1.54) is 6.20 Å². The van der Waals surface area contributed by atoms with Crippen LogP contribution in [0, 0.1) is 0 Å². The Hall–Kier alpha value is -4.93. The largest absolute Gasteiger partial charge is 0.493 e. The van der Waals surface area contributed by atoms with Gasteiger partial charge >= 0.3 is 5.97 Å². The normalized spacial score (nSPS) is 20.1. The van der Waals surface area contributed by atoms with E-state index in [0.717, 1.165) is 11.1 Å². The second-order valence-corrected chi connectivity index (χ2v) is 11.6. The number of rotatable bonds is 8. The van der Waals surface area contributed by atoms with E-state index in [1.54, 1.807) is 58.4 Å². The maximum absolute atomic E-state index is 13.8. The lowest BCUT2D eigenvalue weighted by Gasteiger charge is -2.44. The summed E-state index contributed by atoms with van der Waals surface area (Å²) in [6, 6.07) is 8.56. The number of fused-ring (bicyclic) bond motifs is 1. The molecule has 1 fully saturated rings. The molecule has 3 aromatic rings. The van der Waals surface area contributed by atoms with Gasteiger partial charge in [0.15, 0.2) is 5.78 Å². The molecule has 1 amide bonds. The Balaban J connectivity index is 1.21. The molecule has 1 atom stereocenters. The maximum Gasteiger partial charge on any atom is 0.318 e. The van der Waals surface area contributed by atoms with Gasteiger partial charge in [0.2, 0.25) is 0 Å². The van der Waals surface area contributed by atoms with Gasteiger partial charge in [-0.1, -0.05) is 6.07 Å². The van der Waals surface area contributed by atoms with Crippen LogP contribution in [0.5, 0.6) is 17.2 Å². The number of carbonyl (C=O) groups is 3. The average molecular weight is 613 g/mol. The van der Waals surface area contributed by atoms with Crippen molar-refractivity contribution >= 4 is 23.9 Å². The van der Waals surface area contributed by atoms with Gasteiger partial charge in [0, 0.05) is 69.1 Å². The van der Waals surface area contributed by atoms with Gasteiger partial charge in [0.25, 0.3) is 5.91 Å². The third-order valence-electron chi connectivity index (χ3n) is 8.82. The van der Waals surface area contributed by atoms with E-state index in [-0.39, 0.29) is 24.5 Å². The van der Waals surface area contributed by atoms with Gasteiger partial charge < -0.3 is 24.2 Å². The van der Waals surface area contributed by atoms with Gasteiger partial charge in [-0.25, -0.2) is 0 Å². The molecule has 3 aliphatic heterocycles. The Morgan fingerprint density at radius 1 is 1.07 bits per heavy atom. The lowest BCUT2D eigenvalue weighted by atomic mass is 9.75. The third kappa shape index (κ3) is 5.47. The lowest BCUT2D eigenvalue weighted by molar-refractivity contribution is -0.141. The van der Waals surface area contributed by atoms with Crippen LogP contribution in [0.15, 0.2) is 60.0 Å². The molecule has 0 saturated carbocycles. The van der Waals surface area contributed by atoms with Crippen molar-refractivity contribution in [3.63, 3.8) is 0 Å². The van der Waals surface area contributed by atoms with Gasteiger partial charge in [-0.15, -0.1) is 0 Å². The zero-order valence-corrected chi connectivity index (χ0v) is 25.6. The number of aromatic nitrogens is 2. The first-order valence-electron chi connectivity index (χ1n) is 15.2. The Bertz CT molecular complexity index is 1690. The predicted octanol–water partition coefficient (Wildman–Crippen LogP) is 4.84. The van der Waals surface area contributed by atoms with Gasteiger partial charge in [-0.3, -0.25) is 24.1 Å². The number of ketones is 1. The van der Waals surface area contributed by atoms with Crippen molar-refractivity contribution in [3.05, 3.63) is 71.7 Å². The Morgan fingerprint density at radius 3 is 2.36 bits per heavy atom. The summed E-state index contributed by atoms with van der Waals surface area (Å²) >= 11 is 0. The summed E-state index contributed by atoms with van der Waals surface area (Å²) in [7, 11) is 1.84. The van der Waals surface area contributed by atoms with Crippen molar-refractivity contribution in [1.29, 1.82) is 0 Å². The lowest BCUT2D eigenvalue weighted by Crippen LogP contribution is -2.52. The maximum atomic E-state index is 13.8. The number of hydrogen-bond donors (Lipinski definition) is 1. The van der Waals surface area contributed by atoms with Crippen LogP contribution in [0.3, 0.4) is 0 Å². The van der Waals surface area contributed by atoms with E-state index in [0.29, 0.717) is 73.1 Å². The molecule has 0 radical (unpaired) electrons. The van der Waals surface area contributed by atoms with E-state index in [4.69, 9.17) is 14.2 Å². The number of nitrogens with zero attached hydrogens (tertiary/aromatic N) is 4. The minimum Gasteiger partial charge on any atom is -0.493 e. The molecule has 1 unspecified atom stereocenters. The number of benzene rings is 2. The van der Waals surface area contributed by atoms with E-state index in [9.17, 15) is 19.5 Å². The van der Waals surface area contributed by atoms with E-state index < -0.39 is 17.0 Å². The quantitative estimate of drug-likeness (QED) is 0.382. The summed E-state index contributed by atoms with van der Waals surface area (Å²) in [4.78, 5) is 45.3. The number of likely N-dealkylation sites (tertiary alicyclic amines) is 1. The monoisotopic (exact) mass is 612 g/mol. The second kappa shape index (κ2) is 11.9. The van der Waals surface area contributed by atoms with Crippen LogP contribution in [0.1, 0.15) is 65.8 Å². The molecule has 1 spiro atoms. The average Bonchev–Trinajstić information content (AvgIpc) is 3.47. The van der Waals surface area contributed by atoms with Crippen LogP contribution in [0.4, 0.5) is 0 Å². The Kier molecular flexibility index (Phi) is 7.94. The zero-order chi connectivity index (χ0) is 31.8. The highest BCUT2D eigenvalue weighted by molar-refractivity contribution is 6.01. The number of carboxylic acids is 1. The first-order valence-corrected chi connectivity index (χ1v) is 15.2. The number of piperidine rings is 1. The standard InChI is InChI=1S/C34H36N4O7/c1-4-43-28-16-22(17-29(44-5-2)30(28)23-20-36-37(3)21-23)31(40)38-14-10-33(11-15-38)19-26(39)25-18-24(6-7-27(25)45-33)34(32(41)42)8-12-35-13-9-34/h6-8,12-13,16-18,20-21H,4-5,9-11,14-15,19H2,1-3H3,(H,41,42). The molecular weight excluding hydrogens is 576 g/mol.